The standard InChI is InChI=1S/C19H16ClFN10O/c1-2-12(26-16-10(7-22)15(23)28-19(24)29-16)17-27-14-9(5-8(21)6-11(14)20)18(32)31(17)13-3-4-25-30-13/h3-6,12H,2H2,1H3,(H,25,30)(H5,23,24,26,28,29). The Balaban J connectivity index is 1.98. The lowest BCUT2D eigenvalue weighted by atomic mass is 10.1. The summed E-state index contributed by atoms with van der Waals surface area (Å²) in [4.78, 5) is 25.8. The third kappa shape index (κ3) is 3.54. The highest BCUT2D eigenvalue weighted by atomic mass is 35.5. The second kappa shape index (κ2) is 8.12. The molecule has 32 heavy (non-hydrogen) atoms. The van der Waals surface area contributed by atoms with Gasteiger partial charge in [-0.05, 0) is 18.6 Å². The van der Waals surface area contributed by atoms with Gasteiger partial charge in [0.1, 0.15) is 34.9 Å². The third-order valence-electron chi connectivity index (χ3n) is 4.74. The molecule has 4 aromatic rings. The molecule has 6 N–H and O–H groups in total. The summed E-state index contributed by atoms with van der Waals surface area (Å²) in [5, 5.41) is 19.1. The molecule has 3 aromatic heterocycles. The van der Waals surface area contributed by atoms with E-state index in [1.54, 1.807) is 6.07 Å². The molecule has 0 spiro atoms. The van der Waals surface area contributed by atoms with Gasteiger partial charge in [-0.25, -0.2) is 13.9 Å². The van der Waals surface area contributed by atoms with E-state index in [9.17, 15) is 14.4 Å². The smallest absolute Gasteiger partial charge is 0.267 e. The van der Waals surface area contributed by atoms with Crippen LogP contribution < -0.4 is 22.3 Å². The highest BCUT2D eigenvalue weighted by molar-refractivity contribution is 6.35. The fraction of sp³-hybridized carbons (Fsp3) is 0.158. The number of nitrogen functional groups attached to an aromatic ring is 2. The number of nitrogens with two attached hydrogens (primary N) is 2. The van der Waals surface area contributed by atoms with Crippen LogP contribution in [0.2, 0.25) is 5.02 Å². The molecule has 0 fully saturated rings. The van der Waals surface area contributed by atoms with E-state index in [1.165, 1.54) is 10.8 Å². The number of nitrogens with zero attached hydrogens (tertiary/aromatic N) is 6. The van der Waals surface area contributed by atoms with Gasteiger partial charge in [0.05, 0.1) is 28.2 Å². The average molecular weight is 455 g/mol. The maximum Gasteiger partial charge on any atom is 0.267 e. The van der Waals surface area contributed by atoms with Crippen LogP contribution in [0.3, 0.4) is 0 Å². The van der Waals surface area contributed by atoms with Gasteiger partial charge in [-0.1, -0.05) is 18.5 Å². The van der Waals surface area contributed by atoms with Crippen molar-refractivity contribution in [3.63, 3.8) is 0 Å². The predicted octanol–water partition coefficient (Wildman–Crippen LogP) is 2.29. The molecule has 0 saturated heterocycles. The summed E-state index contributed by atoms with van der Waals surface area (Å²) < 4.78 is 15.2. The molecular formula is C19H16ClFN10O. The number of nitriles is 1. The third-order valence-corrected chi connectivity index (χ3v) is 5.03. The number of hydrogen-bond donors (Lipinski definition) is 4. The number of aromatic nitrogens is 6. The molecular weight excluding hydrogens is 439 g/mol. The van der Waals surface area contributed by atoms with E-state index < -0.39 is 17.4 Å². The van der Waals surface area contributed by atoms with E-state index in [0.29, 0.717) is 12.2 Å². The number of rotatable bonds is 5. The fourth-order valence-corrected chi connectivity index (χ4v) is 3.54. The molecule has 1 atom stereocenters. The molecule has 0 aliphatic rings. The lowest BCUT2D eigenvalue weighted by Gasteiger charge is -2.22. The Kier molecular flexibility index (Phi) is 5.33. The summed E-state index contributed by atoms with van der Waals surface area (Å²) in [6, 6.07) is 4.99. The van der Waals surface area contributed by atoms with Gasteiger partial charge in [-0.3, -0.25) is 9.89 Å². The first kappa shape index (κ1) is 21.0. The molecule has 3 heterocycles. The van der Waals surface area contributed by atoms with Gasteiger partial charge in [0.2, 0.25) is 5.95 Å². The molecule has 0 amide bonds. The van der Waals surface area contributed by atoms with Gasteiger partial charge in [0, 0.05) is 6.07 Å². The zero-order valence-corrected chi connectivity index (χ0v) is 17.4. The monoisotopic (exact) mass is 454 g/mol. The Morgan fingerprint density at radius 2 is 2.12 bits per heavy atom. The van der Waals surface area contributed by atoms with Gasteiger partial charge >= 0.3 is 0 Å². The molecule has 0 saturated carbocycles. The highest BCUT2D eigenvalue weighted by Gasteiger charge is 2.24. The van der Waals surface area contributed by atoms with Gasteiger partial charge in [0.15, 0.2) is 5.82 Å². The van der Waals surface area contributed by atoms with Crippen LogP contribution in [0.5, 0.6) is 0 Å². The highest BCUT2D eigenvalue weighted by Crippen LogP contribution is 2.28. The quantitative estimate of drug-likeness (QED) is 0.352. The molecule has 1 aromatic carbocycles. The predicted molar refractivity (Wildman–Crippen MR) is 117 cm³/mol. The van der Waals surface area contributed by atoms with Gasteiger partial charge in [-0.15, -0.1) is 0 Å². The van der Waals surface area contributed by atoms with Crippen molar-refractivity contribution in [1.29, 1.82) is 5.26 Å². The number of halogens is 2. The van der Waals surface area contributed by atoms with Crippen molar-refractivity contribution in [2.45, 2.75) is 19.4 Å². The topological polar surface area (TPSA) is 177 Å². The summed E-state index contributed by atoms with van der Waals surface area (Å²) in [6.45, 7) is 1.83. The van der Waals surface area contributed by atoms with Gasteiger partial charge < -0.3 is 16.8 Å². The van der Waals surface area contributed by atoms with E-state index in [1.807, 2.05) is 13.0 Å². The Morgan fingerprint density at radius 3 is 2.78 bits per heavy atom. The number of hydrogen-bond acceptors (Lipinski definition) is 9. The second-order valence-corrected chi connectivity index (χ2v) is 7.15. The molecule has 11 nitrogen and oxygen atoms in total. The van der Waals surface area contributed by atoms with Crippen LogP contribution in [0.15, 0.2) is 29.2 Å². The number of benzene rings is 1. The zero-order valence-electron chi connectivity index (χ0n) is 16.6. The molecule has 0 bridgehead atoms. The molecule has 1 unspecified atom stereocenters. The van der Waals surface area contributed by atoms with Crippen molar-refractivity contribution in [3.05, 3.63) is 57.0 Å². The van der Waals surface area contributed by atoms with Crippen molar-refractivity contribution >= 4 is 40.1 Å². The minimum absolute atomic E-state index is 0.00329. The largest absolute Gasteiger partial charge is 0.382 e. The van der Waals surface area contributed by atoms with Crippen LogP contribution in [-0.4, -0.2) is 29.7 Å². The number of aromatic amines is 1. The first-order valence-electron chi connectivity index (χ1n) is 9.35. The SMILES string of the molecule is CCC(Nc1nc(N)nc(N)c1C#N)c1nc2c(Cl)cc(F)cc2c(=O)n1-c1ccn[nH]1. The Bertz CT molecular complexity index is 1430. The van der Waals surface area contributed by atoms with Crippen molar-refractivity contribution in [1.82, 2.24) is 29.7 Å². The lowest BCUT2D eigenvalue weighted by molar-refractivity contribution is 0.627. The van der Waals surface area contributed by atoms with Crippen LogP contribution in [0.4, 0.5) is 22.0 Å². The van der Waals surface area contributed by atoms with E-state index in [4.69, 9.17) is 23.1 Å². The van der Waals surface area contributed by atoms with E-state index in [2.05, 4.69) is 30.5 Å². The van der Waals surface area contributed by atoms with Crippen molar-refractivity contribution in [2.24, 2.45) is 0 Å². The molecule has 4 rings (SSSR count). The minimum atomic E-state index is -0.666. The zero-order chi connectivity index (χ0) is 23.0. The Morgan fingerprint density at radius 1 is 1.34 bits per heavy atom. The van der Waals surface area contributed by atoms with Crippen LogP contribution >= 0.6 is 11.6 Å². The lowest BCUT2D eigenvalue weighted by Crippen LogP contribution is -2.29. The van der Waals surface area contributed by atoms with E-state index >= 15 is 0 Å². The van der Waals surface area contributed by atoms with E-state index in [-0.39, 0.29) is 44.9 Å². The van der Waals surface area contributed by atoms with Gasteiger partial charge in [0.25, 0.3) is 5.56 Å². The van der Waals surface area contributed by atoms with Crippen LogP contribution in [0.1, 0.15) is 30.8 Å². The maximum absolute atomic E-state index is 14.0. The van der Waals surface area contributed by atoms with Crippen molar-refractivity contribution in [3.8, 4) is 11.9 Å². The normalized spacial score (nSPS) is 11.9. The van der Waals surface area contributed by atoms with Crippen LogP contribution in [-0.2, 0) is 0 Å². The number of nitrogens with one attached hydrogen (secondary N) is 2. The molecule has 0 aliphatic heterocycles. The number of fused-ring (bicyclic) bond motifs is 1. The first-order chi connectivity index (χ1) is 15.3. The first-order valence-corrected chi connectivity index (χ1v) is 9.72. The molecule has 162 valence electrons. The molecule has 0 radical (unpaired) electrons. The number of H-pyrrole nitrogens is 1. The maximum atomic E-state index is 14.0. The minimum Gasteiger partial charge on any atom is -0.382 e. The van der Waals surface area contributed by atoms with Crippen LogP contribution in [0.25, 0.3) is 16.7 Å². The number of anilines is 3. The molecule has 0 aliphatic carbocycles. The average Bonchev–Trinajstić information content (AvgIpc) is 3.26. The van der Waals surface area contributed by atoms with Crippen molar-refractivity contribution < 1.29 is 4.39 Å². The summed E-state index contributed by atoms with van der Waals surface area (Å²) in [5.41, 5.74) is 11.1. The summed E-state index contributed by atoms with van der Waals surface area (Å²) >= 11 is 6.19. The van der Waals surface area contributed by atoms with E-state index in [0.717, 1.165) is 12.1 Å². The van der Waals surface area contributed by atoms with Gasteiger partial charge in [-0.2, -0.15) is 20.3 Å². The summed E-state index contributed by atoms with van der Waals surface area (Å²) in [5.74, 6) is -0.270. The second-order valence-electron chi connectivity index (χ2n) is 6.74. The molecule has 13 heteroatoms. The Hall–Kier alpha value is -4.24. The summed E-state index contributed by atoms with van der Waals surface area (Å²) in [6.07, 6.45) is 1.86. The Labute approximate surface area is 184 Å². The van der Waals surface area contributed by atoms with Crippen LogP contribution in [0, 0.1) is 17.1 Å². The fourth-order valence-electron chi connectivity index (χ4n) is 3.30. The van der Waals surface area contributed by atoms with Crippen molar-refractivity contribution in [2.75, 3.05) is 16.8 Å². The summed E-state index contributed by atoms with van der Waals surface area (Å²) in [7, 11) is 0.